The van der Waals surface area contributed by atoms with Crippen molar-refractivity contribution in [3.05, 3.63) is 29.8 Å². The van der Waals surface area contributed by atoms with Crippen LogP contribution in [0.2, 0.25) is 0 Å². The van der Waals surface area contributed by atoms with Gasteiger partial charge in [-0.25, -0.2) is 0 Å². The number of hydrogen-bond donors (Lipinski definition) is 1. The molecule has 1 unspecified atom stereocenters. The smallest absolute Gasteiger partial charge is 0.0366 e. The summed E-state index contributed by atoms with van der Waals surface area (Å²) in [7, 11) is 0. The van der Waals surface area contributed by atoms with Crippen molar-refractivity contribution in [1.29, 1.82) is 0 Å². The lowest BCUT2D eigenvalue weighted by Crippen LogP contribution is -2.23. The van der Waals surface area contributed by atoms with Crippen LogP contribution in [0.1, 0.15) is 26.3 Å². The zero-order valence-corrected chi connectivity index (χ0v) is 13.6. The first-order valence-electron chi connectivity index (χ1n) is 7.24. The number of anilines is 1. The molecule has 0 aliphatic heterocycles. The first kappa shape index (κ1) is 16.4. The van der Waals surface area contributed by atoms with E-state index in [4.69, 9.17) is 0 Å². The van der Waals surface area contributed by atoms with E-state index >= 15 is 0 Å². The van der Waals surface area contributed by atoms with Crippen LogP contribution in [0.4, 0.5) is 5.69 Å². The zero-order valence-electron chi connectivity index (χ0n) is 12.8. The Labute approximate surface area is 123 Å². The van der Waals surface area contributed by atoms with Gasteiger partial charge in [0, 0.05) is 25.3 Å². The van der Waals surface area contributed by atoms with Crippen molar-refractivity contribution in [2.45, 2.75) is 27.3 Å². The molecule has 2 nitrogen and oxygen atoms in total. The van der Waals surface area contributed by atoms with Gasteiger partial charge in [-0.15, -0.1) is 0 Å². The maximum Gasteiger partial charge on any atom is 0.0366 e. The molecule has 0 fully saturated rings. The van der Waals surface area contributed by atoms with Crippen LogP contribution in [-0.2, 0) is 6.54 Å². The minimum Gasteiger partial charge on any atom is -0.372 e. The van der Waals surface area contributed by atoms with Gasteiger partial charge in [0.25, 0.3) is 0 Å². The van der Waals surface area contributed by atoms with Gasteiger partial charge in [-0.05, 0) is 56.0 Å². The van der Waals surface area contributed by atoms with Crippen LogP contribution in [-0.4, -0.2) is 31.6 Å². The van der Waals surface area contributed by atoms with E-state index in [-0.39, 0.29) is 0 Å². The molecule has 0 amide bonds. The van der Waals surface area contributed by atoms with E-state index < -0.39 is 0 Å². The standard InChI is InChI=1S/C16H28N2S/c1-5-18(6-2)16-9-7-15(8-10-16)12-17-11-14(3)13-19-4/h7-10,14,17H,5-6,11-13H2,1-4H3. The van der Waals surface area contributed by atoms with Crippen LogP contribution >= 0.6 is 11.8 Å². The molecule has 1 rings (SSSR count). The predicted octanol–water partition coefficient (Wildman–Crippen LogP) is 3.62. The summed E-state index contributed by atoms with van der Waals surface area (Å²) in [4.78, 5) is 2.37. The fourth-order valence-electron chi connectivity index (χ4n) is 2.22. The van der Waals surface area contributed by atoms with Crippen LogP contribution in [0.25, 0.3) is 0 Å². The summed E-state index contributed by atoms with van der Waals surface area (Å²) >= 11 is 1.92. The molecular weight excluding hydrogens is 252 g/mol. The monoisotopic (exact) mass is 280 g/mol. The number of hydrogen-bond acceptors (Lipinski definition) is 3. The minimum absolute atomic E-state index is 0.741. The van der Waals surface area contributed by atoms with Crippen LogP contribution in [0.15, 0.2) is 24.3 Å². The average molecular weight is 280 g/mol. The second kappa shape index (κ2) is 9.27. The third-order valence-electron chi connectivity index (χ3n) is 3.34. The zero-order chi connectivity index (χ0) is 14.1. The van der Waals surface area contributed by atoms with Crippen molar-refractivity contribution in [3.8, 4) is 0 Å². The molecule has 0 saturated carbocycles. The molecule has 1 atom stereocenters. The summed E-state index contributed by atoms with van der Waals surface area (Å²) in [5.74, 6) is 1.97. The Morgan fingerprint density at radius 3 is 2.32 bits per heavy atom. The lowest BCUT2D eigenvalue weighted by Gasteiger charge is -2.21. The molecule has 0 saturated heterocycles. The highest BCUT2D eigenvalue weighted by molar-refractivity contribution is 7.98. The van der Waals surface area contributed by atoms with Gasteiger partial charge in [0.15, 0.2) is 0 Å². The lowest BCUT2D eigenvalue weighted by atomic mass is 10.1. The maximum atomic E-state index is 3.54. The normalized spacial score (nSPS) is 12.4. The summed E-state index contributed by atoms with van der Waals surface area (Å²) in [5.41, 5.74) is 2.69. The van der Waals surface area contributed by atoms with Gasteiger partial charge in [0.1, 0.15) is 0 Å². The molecule has 19 heavy (non-hydrogen) atoms. The summed E-state index contributed by atoms with van der Waals surface area (Å²) in [6.07, 6.45) is 2.17. The number of rotatable bonds is 9. The van der Waals surface area contributed by atoms with Crippen molar-refractivity contribution in [2.75, 3.05) is 36.5 Å². The highest BCUT2D eigenvalue weighted by atomic mass is 32.2. The largest absolute Gasteiger partial charge is 0.372 e. The van der Waals surface area contributed by atoms with Crippen LogP contribution < -0.4 is 10.2 Å². The maximum absolute atomic E-state index is 3.54. The van der Waals surface area contributed by atoms with Crippen molar-refractivity contribution >= 4 is 17.4 Å². The molecule has 0 aliphatic rings. The van der Waals surface area contributed by atoms with Gasteiger partial charge in [-0.1, -0.05) is 19.1 Å². The second-order valence-corrected chi connectivity index (χ2v) is 5.94. The van der Waals surface area contributed by atoms with Gasteiger partial charge in [0.2, 0.25) is 0 Å². The molecule has 3 heteroatoms. The van der Waals surface area contributed by atoms with E-state index in [1.165, 1.54) is 17.0 Å². The van der Waals surface area contributed by atoms with Gasteiger partial charge in [-0.3, -0.25) is 0 Å². The Morgan fingerprint density at radius 2 is 1.79 bits per heavy atom. The van der Waals surface area contributed by atoms with Crippen molar-refractivity contribution < 1.29 is 0 Å². The molecule has 0 aliphatic carbocycles. The highest BCUT2D eigenvalue weighted by Gasteiger charge is 2.02. The quantitative estimate of drug-likeness (QED) is 0.744. The van der Waals surface area contributed by atoms with Crippen molar-refractivity contribution in [2.24, 2.45) is 5.92 Å². The molecule has 108 valence electrons. The summed E-state index contributed by atoms with van der Waals surface area (Å²) in [6, 6.07) is 8.93. The van der Waals surface area contributed by atoms with Gasteiger partial charge in [0.05, 0.1) is 0 Å². The van der Waals surface area contributed by atoms with E-state index in [0.29, 0.717) is 0 Å². The van der Waals surface area contributed by atoms with Crippen LogP contribution in [0, 0.1) is 5.92 Å². The Bertz CT molecular complexity index is 333. The molecule has 1 aromatic rings. The van der Waals surface area contributed by atoms with Crippen LogP contribution in [0.5, 0.6) is 0 Å². The SMILES string of the molecule is CCN(CC)c1ccc(CNCC(C)CSC)cc1. The van der Waals surface area contributed by atoms with Crippen molar-refractivity contribution in [3.63, 3.8) is 0 Å². The molecule has 0 bridgehead atoms. The fraction of sp³-hybridized carbons (Fsp3) is 0.625. The van der Waals surface area contributed by atoms with Gasteiger partial charge >= 0.3 is 0 Å². The summed E-state index contributed by atoms with van der Waals surface area (Å²) < 4.78 is 0. The molecular formula is C16H28N2S. The van der Waals surface area contributed by atoms with Crippen LogP contribution in [0.3, 0.4) is 0 Å². The fourth-order valence-corrected chi connectivity index (χ4v) is 2.91. The Morgan fingerprint density at radius 1 is 1.16 bits per heavy atom. The molecule has 0 heterocycles. The van der Waals surface area contributed by atoms with E-state index in [9.17, 15) is 0 Å². The number of nitrogens with one attached hydrogen (secondary N) is 1. The summed E-state index contributed by atoms with van der Waals surface area (Å²) in [5, 5.41) is 3.54. The summed E-state index contributed by atoms with van der Waals surface area (Å²) in [6.45, 7) is 10.9. The second-order valence-electron chi connectivity index (χ2n) is 5.03. The Kier molecular flexibility index (Phi) is 7.99. The number of thioether (sulfide) groups is 1. The lowest BCUT2D eigenvalue weighted by molar-refractivity contribution is 0.559. The topological polar surface area (TPSA) is 15.3 Å². The molecule has 1 aromatic carbocycles. The first-order valence-corrected chi connectivity index (χ1v) is 8.64. The Balaban J connectivity index is 2.40. The van der Waals surface area contributed by atoms with Crippen molar-refractivity contribution in [1.82, 2.24) is 5.32 Å². The third kappa shape index (κ3) is 5.87. The van der Waals surface area contributed by atoms with E-state index in [2.05, 4.69) is 61.5 Å². The molecule has 0 aromatic heterocycles. The van der Waals surface area contributed by atoms with E-state index in [0.717, 1.165) is 32.1 Å². The minimum atomic E-state index is 0.741. The average Bonchev–Trinajstić information content (AvgIpc) is 2.42. The van der Waals surface area contributed by atoms with E-state index in [1.54, 1.807) is 0 Å². The van der Waals surface area contributed by atoms with Gasteiger partial charge in [-0.2, -0.15) is 11.8 Å². The highest BCUT2D eigenvalue weighted by Crippen LogP contribution is 2.14. The predicted molar refractivity (Wildman–Crippen MR) is 89.3 cm³/mol. The first-order chi connectivity index (χ1) is 9.21. The molecule has 0 radical (unpaired) electrons. The molecule has 1 N–H and O–H groups in total. The Hall–Kier alpha value is -0.670. The van der Waals surface area contributed by atoms with E-state index in [1.807, 2.05) is 11.8 Å². The number of benzene rings is 1. The van der Waals surface area contributed by atoms with Gasteiger partial charge < -0.3 is 10.2 Å². The molecule has 0 spiro atoms. The number of nitrogens with zero attached hydrogens (tertiary/aromatic N) is 1. The third-order valence-corrected chi connectivity index (χ3v) is 4.24.